The molecule has 8 heteroatoms. The summed E-state index contributed by atoms with van der Waals surface area (Å²) in [6.07, 6.45) is 0. The molecular formula is C27H23ClN2O3S2. The lowest BCUT2D eigenvalue weighted by atomic mass is 10.1. The van der Waals surface area contributed by atoms with E-state index in [4.69, 9.17) is 11.6 Å². The molecule has 0 heterocycles. The van der Waals surface area contributed by atoms with Gasteiger partial charge in [-0.05, 0) is 66.6 Å². The number of hydrogen-bond donors (Lipinski definition) is 2. The first-order valence-corrected chi connectivity index (χ1v) is 13.6. The van der Waals surface area contributed by atoms with E-state index in [1.54, 1.807) is 30.0 Å². The molecule has 1 amide bonds. The zero-order valence-corrected chi connectivity index (χ0v) is 21.3. The topological polar surface area (TPSA) is 75.3 Å². The minimum Gasteiger partial charge on any atom is -0.322 e. The Morgan fingerprint density at radius 1 is 0.857 bits per heavy atom. The number of rotatable bonds is 8. The SMILES string of the molecule is Cc1cc(CSc2ccccc2)ccc1NC(=O)c1ccc(NS(=O)(=O)c2ccccc2)c(Cl)c1. The summed E-state index contributed by atoms with van der Waals surface area (Å²) < 4.78 is 27.6. The lowest BCUT2D eigenvalue weighted by Crippen LogP contribution is -2.15. The van der Waals surface area contributed by atoms with Crippen LogP contribution in [0.3, 0.4) is 0 Å². The van der Waals surface area contributed by atoms with Crippen LogP contribution in [0.1, 0.15) is 21.5 Å². The normalized spacial score (nSPS) is 11.1. The number of anilines is 2. The second-order valence-electron chi connectivity index (χ2n) is 7.82. The van der Waals surface area contributed by atoms with E-state index < -0.39 is 10.0 Å². The number of thioether (sulfide) groups is 1. The summed E-state index contributed by atoms with van der Waals surface area (Å²) >= 11 is 8.05. The lowest BCUT2D eigenvalue weighted by molar-refractivity contribution is 0.102. The quantitative estimate of drug-likeness (QED) is 0.244. The lowest BCUT2D eigenvalue weighted by Gasteiger charge is -2.13. The molecule has 5 nitrogen and oxygen atoms in total. The van der Waals surface area contributed by atoms with Crippen LogP contribution in [0.2, 0.25) is 5.02 Å². The minimum atomic E-state index is -3.79. The van der Waals surface area contributed by atoms with E-state index in [0.29, 0.717) is 11.3 Å². The number of sulfonamides is 1. The maximum Gasteiger partial charge on any atom is 0.261 e. The first-order valence-electron chi connectivity index (χ1n) is 10.8. The number of benzene rings is 4. The molecule has 2 N–H and O–H groups in total. The van der Waals surface area contributed by atoms with Crippen molar-refractivity contribution in [3.63, 3.8) is 0 Å². The van der Waals surface area contributed by atoms with Gasteiger partial charge in [0.2, 0.25) is 0 Å². The second-order valence-corrected chi connectivity index (χ2v) is 11.0. The van der Waals surface area contributed by atoms with Gasteiger partial charge in [-0.25, -0.2) is 8.42 Å². The number of hydrogen-bond acceptors (Lipinski definition) is 4. The summed E-state index contributed by atoms with van der Waals surface area (Å²) in [5, 5.41) is 3.03. The molecule has 35 heavy (non-hydrogen) atoms. The maximum absolute atomic E-state index is 12.8. The average molecular weight is 523 g/mol. The average Bonchev–Trinajstić information content (AvgIpc) is 2.86. The Bertz CT molecular complexity index is 1440. The molecule has 0 aliphatic carbocycles. The van der Waals surface area contributed by atoms with Crippen LogP contribution in [0.4, 0.5) is 11.4 Å². The Balaban J connectivity index is 1.42. The third-order valence-electron chi connectivity index (χ3n) is 5.22. The van der Waals surface area contributed by atoms with E-state index in [9.17, 15) is 13.2 Å². The van der Waals surface area contributed by atoms with Gasteiger partial charge in [0.25, 0.3) is 15.9 Å². The second kappa shape index (κ2) is 11.0. The third kappa shape index (κ3) is 6.45. The molecule has 0 fully saturated rings. The number of carbonyl (C=O) groups excluding carboxylic acids is 1. The molecule has 4 rings (SSSR count). The highest BCUT2D eigenvalue weighted by molar-refractivity contribution is 7.98. The first-order chi connectivity index (χ1) is 16.8. The fourth-order valence-corrected chi connectivity index (χ4v) is 5.62. The van der Waals surface area contributed by atoms with Gasteiger partial charge in [0, 0.05) is 21.9 Å². The molecular weight excluding hydrogens is 500 g/mol. The van der Waals surface area contributed by atoms with Crippen LogP contribution in [-0.2, 0) is 15.8 Å². The highest BCUT2D eigenvalue weighted by Crippen LogP contribution is 2.28. The van der Waals surface area contributed by atoms with Gasteiger partial charge in [0.05, 0.1) is 15.6 Å². The molecule has 0 bridgehead atoms. The Morgan fingerprint density at radius 3 is 2.17 bits per heavy atom. The van der Waals surface area contributed by atoms with Crippen molar-refractivity contribution < 1.29 is 13.2 Å². The van der Waals surface area contributed by atoms with Gasteiger partial charge < -0.3 is 5.32 Å². The smallest absolute Gasteiger partial charge is 0.261 e. The number of nitrogens with one attached hydrogen (secondary N) is 2. The van der Waals surface area contributed by atoms with Crippen molar-refractivity contribution in [2.45, 2.75) is 22.5 Å². The summed E-state index contributed by atoms with van der Waals surface area (Å²) in [5.74, 6) is 0.494. The molecule has 0 aliphatic heterocycles. The van der Waals surface area contributed by atoms with Crippen LogP contribution in [0.15, 0.2) is 107 Å². The van der Waals surface area contributed by atoms with Crippen LogP contribution in [-0.4, -0.2) is 14.3 Å². The van der Waals surface area contributed by atoms with Crippen molar-refractivity contribution in [3.05, 3.63) is 119 Å². The summed E-state index contributed by atoms with van der Waals surface area (Å²) in [4.78, 5) is 14.1. The monoisotopic (exact) mass is 522 g/mol. The van der Waals surface area contributed by atoms with E-state index >= 15 is 0 Å². The number of amides is 1. The Morgan fingerprint density at radius 2 is 1.51 bits per heavy atom. The highest BCUT2D eigenvalue weighted by atomic mass is 35.5. The number of halogens is 1. The summed E-state index contributed by atoms with van der Waals surface area (Å²) in [5.41, 5.74) is 3.33. The van der Waals surface area contributed by atoms with Crippen LogP contribution < -0.4 is 10.0 Å². The zero-order chi connectivity index (χ0) is 24.8. The predicted molar refractivity (Wildman–Crippen MR) is 144 cm³/mol. The third-order valence-corrected chi connectivity index (χ3v) is 7.99. The van der Waals surface area contributed by atoms with Gasteiger partial charge >= 0.3 is 0 Å². The Labute approximate surface area is 214 Å². The van der Waals surface area contributed by atoms with Crippen molar-refractivity contribution in [1.82, 2.24) is 0 Å². The fourth-order valence-electron chi connectivity index (χ4n) is 3.38. The molecule has 4 aromatic rings. The standard InChI is InChI=1S/C27H23ClN2O3S2/c1-19-16-20(18-34-22-8-4-2-5-9-22)12-14-25(19)29-27(31)21-13-15-26(24(28)17-21)30-35(32,33)23-10-6-3-7-11-23/h2-17,30H,18H2,1H3,(H,29,31). The van der Waals surface area contributed by atoms with Gasteiger partial charge in [-0.15, -0.1) is 11.8 Å². The van der Waals surface area contributed by atoms with Crippen molar-refractivity contribution in [2.75, 3.05) is 10.0 Å². The first kappa shape index (κ1) is 24.9. The molecule has 0 spiro atoms. The Hall–Kier alpha value is -3.26. The molecule has 0 atom stereocenters. The van der Waals surface area contributed by atoms with Crippen LogP contribution in [0, 0.1) is 6.92 Å². The van der Waals surface area contributed by atoms with E-state index in [0.717, 1.165) is 16.9 Å². The van der Waals surface area contributed by atoms with E-state index in [-0.39, 0.29) is 21.5 Å². The van der Waals surface area contributed by atoms with Crippen molar-refractivity contribution in [1.29, 1.82) is 0 Å². The number of carbonyl (C=O) groups is 1. The van der Waals surface area contributed by atoms with Gasteiger partial charge in [-0.3, -0.25) is 9.52 Å². The van der Waals surface area contributed by atoms with Crippen LogP contribution >= 0.6 is 23.4 Å². The van der Waals surface area contributed by atoms with E-state index in [2.05, 4.69) is 28.2 Å². The van der Waals surface area contributed by atoms with Crippen molar-refractivity contribution in [2.24, 2.45) is 0 Å². The van der Waals surface area contributed by atoms with E-state index in [1.807, 2.05) is 37.3 Å². The molecule has 0 saturated carbocycles. The summed E-state index contributed by atoms with van der Waals surface area (Å²) in [6.45, 7) is 1.95. The minimum absolute atomic E-state index is 0.124. The van der Waals surface area contributed by atoms with Crippen LogP contribution in [0.5, 0.6) is 0 Å². The maximum atomic E-state index is 12.8. The van der Waals surface area contributed by atoms with Gasteiger partial charge in [-0.1, -0.05) is 60.1 Å². The predicted octanol–water partition coefficient (Wildman–Crippen LogP) is 6.99. The summed E-state index contributed by atoms with van der Waals surface area (Å²) in [7, 11) is -3.79. The van der Waals surface area contributed by atoms with Crippen LogP contribution in [0.25, 0.3) is 0 Å². The zero-order valence-electron chi connectivity index (χ0n) is 18.9. The largest absolute Gasteiger partial charge is 0.322 e. The molecule has 0 unspecified atom stereocenters. The Kier molecular flexibility index (Phi) is 7.80. The van der Waals surface area contributed by atoms with Gasteiger partial charge in [0.15, 0.2) is 0 Å². The van der Waals surface area contributed by atoms with Crippen molar-refractivity contribution in [3.8, 4) is 0 Å². The summed E-state index contributed by atoms with van der Waals surface area (Å²) in [6, 6.07) is 28.6. The molecule has 0 radical (unpaired) electrons. The molecule has 178 valence electrons. The molecule has 0 saturated heterocycles. The van der Waals surface area contributed by atoms with Crippen molar-refractivity contribution >= 4 is 50.7 Å². The molecule has 0 aliphatic rings. The van der Waals surface area contributed by atoms with E-state index in [1.165, 1.54) is 35.2 Å². The molecule has 4 aromatic carbocycles. The fraction of sp³-hybridized carbons (Fsp3) is 0.0741. The van der Waals surface area contributed by atoms with Gasteiger partial charge in [0.1, 0.15) is 0 Å². The number of aryl methyl sites for hydroxylation is 1. The van der Waals surface area contributed by atoms with Gasteiger partial charge in [-0.2, -0.15) is 0 Å². The molecule has 0 aromatic heterocycles. The highest BCUT2D eigenvalue weighted by Gasteiger charge is 2.17.